The average molecular weight is 328 g/mol. The number of hydrogen-bond acceptors (Lipinski definition) is 5. The maximum absolute atomic E-state index is 12.3. The third-order valence-corrected chi connectivity index (χ3v) is 3.41. The molecule has 0 aliphatic heterocycles. The highest BCUT2D eigenvalue weighted by molar-refractivity contribution is 5.97. The first-order chi connectivity index (χ1) is 11.6. The highest BCUT2D eigenvalue weighted by Crippen LogP contribution is 2.28. The molecule has 6 heteroatoms. The van der Waals surface area contributed by atoms with Crippen LogP contribution in [0.4, 0.5) is 0 Å². The van der Waals surface area contributed by atoms with Crippen LogP contribution in [0.1, 0.15) is 15.9 Å². The first-order valence-electron chi connectivity index (χ1n) is 7.21. The Labute approximate surface area is 141 Å². The van der Waals surface area contributed by atoms with Crippen LogP contribution in [0.25, 0.3) is 5.70 Å². The van der Waals surface area contributed by atoms with Gasteiger partial charge in [-0.1, -0.05) is 18.7 Å². The lowest BCUT2D eigenvalue weighted by Crippen LogP contribution is -2.36. The molecule has 0 aliphatic rings. The number of hydrogen-bond donors (Lipinski definition) is 2. The topological polar surface area (TPSA) is 68.8 Å². The van der Waals surface area contributed by atoms with Gasteiger partial charge in [-0.25, -0.2) is 0 Å². The Bertz CT molecular complexity index is 744. The molecule has 0 saturated heterocycles. The number of carbonyl (C=O) groups excluding carboxylic acids is 1. The summed E-state index contributed by atoms with van der Waals surface area (Å²) in [7, 11) is 4.65. The van der Waals surface area contributed by atoms with Crippen molar-refractivity contribution in [1.29, 1.82) is 0 Å². The van der Waals surface area contributed by atoms with Gasteiger partial charge in [0, 0.05) is 11.6 Å². The number of methoxy groups -OCH3 is 3. The molecule has 0 atom stereocenters. The van der Waals surface area contributed by atoms with Gasteiger partial charge in [-0.15, -0.1) is 0 Å². The van der Waals surface area contributed by atoms with E-state index < -0.39 is 0 Å². The van der Waals surface area contributed by atoms with Crippen molar-refractivity contribution in [2.75, 3.05) is 21.3 Å². The molecule has 2 aromatic carbocycles. The summed E-state index contributed by atoms with van der Waals surface area (Å²) in [6.45, 7) is 3.92. The molecule has 6 nitrogen and oxygen atoms in total. The summed E-state index contributed by atoms with van der Waals surface area (Å²) in [6.07, 6.45) is 0. The second-order valence-corrected chi connectivity index (χ2v) is 4.82. The minimum atomic E-state index is -0.332. The number of benzene rings is 2. The van der Waals surface area contributed by atoms with Gasteiger partial charge in [0.2, 0.25) is 0 Å². The molecule has 0 spiro atoms. The highest BCUT2D eigenvalue weighted by Gasteiger charge is 2.13. The molecule has 2 rings (SSSR count). The Kier molecular flexibility index (Phi) is 5.68. The fourth-order valence-electron chi connectivity index (χ4n) is 2.15. The predicted molar refractivity (Wildman–Crippen MR) is 92.2 cm³/mol. The zero-order valence-electron chi connectivity index (χ0n) is 13.9. The molecule has 0 aliphatic carbocycles. The molecule has 0 heterocycles. The molecule has 126 valence electrons. The van der Waals surface area contributed by atoms with Gasteiger partial charge in [0.1, 0.15) is 17.2 Å². The van der Waals surface area contributed by atoms with Gasteiger partial charge in [0.05, 0.1) is 32.6 Å². The Morgan fingerprint density at radius 3 is 2.25 bits per heavy atom. The van der Waals surface area contributed by atoms with Crippen molar-refractivity contribution in [2.24, 2.45) is 0 Å². The number of ether oxygens (including phenoxy) is 3. The fraction of sp³-hybridized carbons (Fsp3) is 0.167. The van der Waals surface area contributed by atoms with Crippen molar-refractivity contribution >= 4 is 11.6 Å². The Balaban J connectivity index is 2.09. The van der Waals surface area contributed by atoms with Crippen LogP contribution in [0.2, 0.25) is 0 Å². The van der Waals surface area contributed by atoms with Crippen molar-refractivity contribution in [3.63, 3.8) is 0 Å². The van der Waals surface area contributed by atoms with E-state index in [4.69, 9.17) is 14.2 Å². The van der Waals surface area contributed by atoms with Crippen molar-refractivity contribution in [3.8, 4) is 17.2 Å². The summed E-state index contributed by atoms with van der Waals surface area (Å²) in [5.74, 6) is 1.41. The van der Waals surface area contributed by atoms with Crippen LogP contribution in [0.3, 0.4) is 0 Å². The van der Waals surface area contributed by atoms with Gasteiger partial charge >= 0.3 is 0 Å². The maximum Gasteiger partial charge on any atom is 0.273 e. The highest BCUT2D eigenvalue weighted by atomic mass is 16.5. The Morgan fingerprint density at radius 1 is 0.875 bits per heavy atom. The van der Waals surface area contributed by atoms with Crippen LogP contribution in [0, 0.1) is 0 Å². The molecule has 2 N–H and O–H groups in total. The van der Waals surface area contributed by atoms with Crippen LogP contribution in [-0.2, 0) is 0 Å². The van der Waals surface area contributed by atoms with E-state index in [2.05, 4.69) is 17.4 Å². The second kappa shape index (κ2) is 7.92. The smallest absolute Gasteiger partial charge is 0.273 e. The van der Waals surface area contributed by atoms with Gasteiger partial charge in [-0.05, 0) is 24.3 Å². The van der Waals surface area contributed by atoms with Gasteiger partial charge in [-0.2, -0.15) is 0 Å². The molecule has 0 radical (unpaired) electrons. The number of carbonyl (C=O) groups is 1. The SMILES string of the molecule is C=C(NNC(=O)c1ccccc1OC)c1ccc(OC)cc1OC. The summed E-state index contributed by atoms with van der Waals surface area (Å²) in [4.78, 5) is 12.3. The molecule has 0 fully saturated rings. The zero-order valence-corrected chi connectivity index (χ0v) is 13.9. The quantitative estimate of drug-likeness (QED) is 0.765. The number of rotatable bonds is 7. The van der Waals surface area contributed by atoms with Gasteiger partial charge in [0.15, 0.2) is 0 Å². The van der Waals surface area contributed by atoms with Crippen molar-refractivity contribution < 1.29 is 19.0 Å². The Hall–Kier alpha value is -3.15. The summed E-state index contributed by atoms with van der Waals surface area (Å²) in [5.41, 5.74) is 7.00. The van der Waals surface area contributed by atoms with Crippen molar-refractivity contribution in [3.05, 3.63) is 60.2 Å². The minimum absolute atomic E-state index is 0.332. The van der Waals surface area contributed by atoms with Crippen LogP contribution < -0.4 is 25.1 Å². The number of nitrogens with one attached hydrogen (secondary N) is 2. The van der Waals surface area contributed by atoms with Gasteiger partial charge in [0.25, 0.3) is 5.91 Å². The van der Waals surface area contributed by atoms with E-state index >= 15 is 0 Å². The van der Waals surface area contributed by atoms with Crippen LogP contribution in [-0.4, -0.2) is 27.2 Å². The lowest BCUT2D eigenvalue weighted by molar-refractivity contribution is 0.0939. The van der Waals surface area contributed by atoms with E-state index in [1.165, 1.54) is 7.11 Å². The summed E-state index contributed by atoms with van der Waals surface area (Å²) in [5, 5.41) is 0. The molecule has 1 amide bonds. The first kappa shape index (κ1) is 17.2. The van der Waals surface area contributed by atoms with Crippen LogP contribution >= 0.6 is 0 Å². The second-order valence-electron chi connectivity index (χ2n) is 4.82. The van der Waals surface area contributed by atoms with E-state index in [1.807, 2.05) is 0 Å². The number of para-hydroxylation sites is 1. The predicted octanol–water partition coefficient (Wildman–Crippen LogP) is 2.62. The summed E-state index contributed by atoms with van der Waals surface area (Å²) >= 11 is 0. The molecule has 0 aromatic heterocycles. The summed E-state index contributed by atoms with van der Waals surface area (Å²) < 4.78 is 15.7. The normalized spacial score (nSPS) is 9.79. The third-order valence-electron chi connectivity index (χ3n) is 3.41. The average Bonchev–Trinajstić information content (AvgIpc) is 2.65. The molecule has 0 saturated carbocycles. The van der Waals surface area contributed by atoms with Crippen molar-refractivity contribution in [1.82, 2.24) is 10.9 Å². The maximum atomic E-state index is 12.3. The van der Waals surface area contributed by atoms with E-state index in [0.29, 0.717) is 34.1 Å². The molecular formula is C18H20N2O4. The first-order valence-corrected chi connectivity index (χ1v) is 7.21. The van der Waals surface area contributed by atoms with Crippen LogP contribution in [0.5, 0.6) is 17.2 Å². The number of amides is 1. The molecule has 24 heavy (non-hydrogen) atoms. The lowest BCUT2D eigenvalue weighted by Gasteiger charge is -2.15. The molecular weight excluding hydrogens is 308 g/mol. The van der Waals surface area contributed by atoms with Crippen molar-refractivity contribution in [2.45, 2.75) is 0 Å². The third kappa shape index (κ3) is 3.78. The van der Waals surface area contributed by atoms with E-state index in [1.54, 1.807) is 56.7 Å². The van der Waals surface area contributed by atoms with E-state index in [9.17, 15) is 4.79 Å². The largest absolute Gasteiger partial charge is 0.497 e. The zero-order chi connectivity index (χ0) is 17.5. The van der Waals surface area contributed by atoms with E-state index in [0.717, 1.165) is 0 Å². The van der Waals surface area contributed by atoms with E-state index in [-0.39, 0.29) is 5.91 Å². The minimum Gasteiger partial charge on any atom is -0.497 e. The number of hydrazine groups is 1. The summed E-state index contributed by atoms with van der Waals surface area (Å²) in [6, 6.07) is 12.3. The molecule has 0 unspecified atom stereocenters. The fourth-order valence-corrected chi connectivity index (χ4v) is 2.15. The molecule has 0 bridgehead atoms. The monoisotopic (exact) mass is 328 g/mol. The lowest BCUT2D eigenvalue weighted by atomic mass is 10.1. The Morgan fingerprint density at radius 2 is 1.58 bits per heavy atom. The standard InChI is InChI=1S/C18H20N2O4/c1-12(14-10-9-13(22-2)11-17(14)24-4)19-20-18(21)15-7-5-6-8-16(15)23-3/h5-11,19H,1H2,2-4H3,(H,20,21). The van der Waals surface area contributed by atoms with Gasteiger partial charge in [-0.3, -0.25) is 15.6 Å². The van der Waals surface area contributed by atoms with Gasteiger partial charge < -0.3 is 14.2 Å². The molecule has 2 aromatic rings. The van der Waals surface area contributed by atoms with Crippen LogP contribution in [0.15, 0.2) is 49.0 Å².